The molecule has 0 atom stereocenters. The van der Waals surface area contributed by atoms with E-state index in [0.29, 0.717) is 24.9 Å². The van der Waals surface area contributed by atoms with Gasteiger partial charge in [0.25, 0.3) is 5.89 Å². The third kappa shape index (κ3) is 3.73. The molecule has 2 aromatic rings. The van der Waals surface area contributed by atoms with Crippen molar-refractivity contribution in [1.29, 1.82) is 0 Å². The van der Waals surface area contributed by atoms with Crippen LogP contribution in [0.25, 0.3) is 11.6 Å². The average molecular weight is 329 g/mol. The highest BCUT2D eigenvalue weighted by Gasteiger charge is 2.18. The smallest absolute Gasteiger partial charge is 0.264 e. The highest BCUT2D eigenvalue weighted by Crippen LogP contribution is 2.21. The monoisotopic (exact) mass is 329 g/mol. The summed E-state index contributed by atoms with van der Waals surface area (Å²) in [6.07, 6.45) is 3.16. The van der Waals surface area contributed by atoms with E-state index in [9.17, 15) is 4.79 Å². The second-order valence-electron chi connectivity index (χ2n) is 6.19. The van der Waals surface area contributed by atoms with Gasteiger partial charge in [0.15, 0.2) is 0 Å². The Morgan fingerprint density at radius 3 is 2.92 bits per heavy atom. The topological polar surface area (TPSA) is 76.2 Å². The molecule has 3 rings (SSSR count). The summed E-state index contributed by atoms with van der Waals surface area (Å²) in [4.78, 5) is 13.3. The second kappa shape index (κ2) is 7.00. The molecule has 0 bridgehead atoms. The third-order valence-electron chi connectivity index (χ3n) is 4.29. The van der Waals surface area contributed by atoms with Crippen molar-refractivity contribution in [2.24, 2.45) is 7.05 Å². The lowest BCUT2D eigenvalue weighted by atomic mass is 10.1. The lowest BCUT2D eigenvalue weighted by Crippen LogP contribution is -2.34. The fourth-order valence-corrected chi connectivity index (χ4v) is 2.82. The quantitative estimate of drug-likeness (QED) is 0.844. The van der Waals surface area contributed by atoms with Gasteiger partial charge in [-0.3, -0.25) is 9.69 Å². The zero-order valence-electron chi connectivity index (χ0n) is 14.4. The zero-order chi connectivity index (χ0) is 17.1. The lowest BCUT2D eigenvalue weighted by Gasteiger charge is -2.25. The molecular weight excluding hydrogens is 306 g/mol. The molecule has 1 aliphatic heterocycles. The van der Waals surface area contributed by atoms with E-state index in [4.69, 9.17) is 4.42 Å². The molecule has 0 fully saturated rings. The van der Waals surface area contributed by atoms with Gasteiger partial charge in [0.1, 0.15) is 5.69 Å². The van der Waals surface area contributed by atoms with E-state index < -0.39 is 0 Å². The molecule has 7 heteroatoms. The van der Waals surface area contributed by atoms with Gasteiger partial charge in [0, 0.05) is 39.3 Å². The molecule has 0 saturated carbocycles. The molecule has 0 spiro atoms. The molecule has 24 heavy (non-hydrogen) atoms. The standard InChI is InChI=1S/C17H23N5O2/c1-12-6-7-15(21(12)3)17-20-19-16(24-17)11-22-8-4-5-14(10-22)9-18-13(2)23/h5-7H,4,8-11H2,1-3H3,(H,18,23). The van der Waals surface area contributed by atoms with Crippen LogP contribution in [0.15, 0.2) is 28.2 Å². The van der Waals surface area contributed by atoms with Crippen LogP contribution in [0.1, 0.15) is 24.9 Å². The van der Waals surface area contributed by atoms with E-state index in [1.54, 1.807) is 0 Å². The Balaban J connectivity index is 1.62. The number of carbonyl (C=O) groups excluding carboxylic acids is 1. The molecule has 2 aromatic heterocycles. The summed E-state index contributed by atoms with van der Waals surface area (Å²) in [5, 5.41) is 11.2. The minimum atomic E-state index is -0.00701. The van der Waals surface area contributed by atoms with Gasteiger partial charge in [0.2, 0.25) is 11.8 Å². The summed E-state index contributed by atoms with van der Waals surface area (Å²) in [6.45, 7) is 6.55. The van der Waals surface area contributed by atoms with Crippen LogP contribution >= 0.6 is 0 Å². The first-order chi connectivity index (χ1) is 11.5. The number of carbonyl (C=O) groups is 1. The second-order valence-corrected chi connectivity index (χ2v) is 6.19. The third-order valence-corrected chi connectivity index (χ3v) is 4.29. The minimum Gasteiger partial charge on any atom is -0.418 e. The molecule has 128 valence electrons. The maximum absolute atomic E-state index is 11.0. The molecule has 0 saturated heterocycles. The number of nitrogens with one attached hydrogen (secondary N) is 1. The maximum Gasteiger partial charge on any atom is 0.264 e. The summed E-state index contributed by atoms with van der Waals surface area (Å²) >= 11 is 0. The van der Waals surface area contributed by atoms with Crippen molar-refractivity contribution >= 4 is 5.91 Å². The number of hydrogen-bond donors (Lipinski definition) is 1. The first-order valence-corrected chi connectivity index (χ1v) is 8.12. The SMILES string of the molecule is CC(=O)NCC1=CCCN(Cc2nnc(-c3ccc(C)n3C)o2)C1. The van der Waals surface area contributed by atoms with Crippen LogP contribution in [0, 0.1) is 6.92 Å². The molecule has 1 amide bonds. The van der Waals surface area contributed by atoms with Crippen LogP contribution in [-0.2, 0) is 18.4 Å². The average Bonchev–Trinajstić information content (AvgIpc) is 3.13. The Bertz CT molecular complexity index is 759. The Morgan fingerprint density at radius 2 is 2.21 bits per heavy atom. The summed E-state index contributed by atoms with van der Waals surface area (Å²) in [6, 6.07) is 4.02. The van der Waals surface area contributed by atoms with E-state index in [1.807, 2.05) is 30.7 Å². The Kier molecular flexibility index (Phi) is 4.80. The summed E-state index contributed by atoms with van der Waals surface area (Å²) < 4.78 is 7.86. The molecule has 0 unspecified atom stereocenters. The van der Waals surface area contributed by atoms with Crippen LogP contribution in [0.3, 0.4) is 0 Å². The number of aryl methyl sites for hydroxylation is 1. The highest BCUT2D eigenvalue weighted by atomic mass is 16.4. The van der Waals surface area contributed by atoms with E-state index in [1.165, 1.54) is 12.5 Å². The van der Waals surface area contributed by atoms with E-state index >= 15 is 0 Å². The van der Waals surface area contributed by atoms with Gasteiger partial charge >= 0.3 is 0 Å². The number of nitrogens with zero attached hydrogens (tertiary/aromatic N) is 4. The first-order valence-electron chi connectivity index (χ1n) is 8.12. The number of amides is 1. The van der Waals surface area contributed by atoms with Crippen molar-refractivity contribution in [2.75, 3.05) is 19.6 Å². The van der Waals surface area contributed by atoms with E-state index in [2.05, 4.69) is 26.5 Å². The van der Waals surface area contributed by atoms with Crippen LogP contribution in [0.5, 0.6) is 0 Å². The van der Waals surface area contributed by atoms with Crippen LogP contribution in [-0.4, -0.2) is 45.2 Å². The predicted octanol–water partition coefficient (Wildman–Crippen LogP) is 1.65. The van der Waals surface area contributed by atoms with Crippen LogP contribution < -0.4 is 5.32 Å². The van der Waals surface area contributed by atoms with Crippen molar-refractivity contribution in [3.05, 3.63) is 35.4 Å². The van der Waals surface area contributed by atoms with Gasteiger partial charge in [0.05, 0.1) is 6.54 Å². The van der Waals surface area contributed by atoms with Gasteiger partial charge in [-0.2, -0.15) is 0 Å². The summed E-state index contributed by atoms with van der Waals surface area (Å²) in [7, 11) is 1.98. The van der Waals surface area contributed by atoms with Gasteiger partial charge < -0.3 is 14.3 Å². The normalized spacial score (nSPS) is 15.4. The highest BCUT2D eigenvalue weighted by molar-refractivity contribution is 5.73. The maximum atomic E-state index is 11.0. The van der Waals surface area contributed by atoms with E-state index in [0.717, 1.165) is 30.9 Å². The summed E-state index contributed by atoms with van der Waals surface area (Å²) in [5.41, 5.74) is 3.29. The Morgan fingerprint density at radius 1 is 1.38 bits per heavy atom. The van der Waals surface area contributed by atoms with Crippen molar-refractivity contribution in [2.45, 2.75) is 26.8 Å². The lowest BCUT2D eigenvalue weighted by molar-refractivity contribution is -0.118. The number of hydrogen-bond acceptors (Lipinski definition) is 5. The van der Waals surface area contributed by atoms with Crippen molar-refractivity contribution in [1.82, 2.24) is 25.0 Å². The Labute approximate surface area is 141 Å². The number of rotatable bonds is 5. The van der Waals surface area contributed by atoms with Crippen LogP contribution in [0.2, 0.25) is 0 Å². The van der Waals surface area contributed by atoms with Gasteiger partial charge in [-0.05, 0) is 31.1 Å². The van der Waals surface area contributed by atoms with Gasteiger partial charge in [-0.15, -0.1) is 10.2 Å². The van der Waals surface area contributed by atoms with Crippen molar-refractivity contribution < 1.29 is 9.21 Å². The molecule has 3 heterocycles. The summed E-state index contributed by atoms with van der Waals surface area (Å²) in [5.74, 6) is 1.16. The largest absolute Gasteiger partial charge is 0.418 e. The van der Waals surface area contributed by atoms with Crippen molar-refractivity contribution in [3.63, 3.8) is 0 Å². The van der Waals surface area contributed by atoms with E-state index in [-0.39, 0.29) is 5.91 Å². The van der Waals surface area contributed by atoms with Gasteiger partial charge in [-0.1, -0.05) is 6.08 Å². The predicted molar refractivity (Wildman–Crippen MR) is 90.1 cm³/mol. The fraction of sp³-hybridized carbons (Fsp3) is 0.471. The van der Waals surface area contributed by atoms with Crippen molar-refractivity contribution in [3.8, 4) is 11.6 Å². The molecule has 0 aliphatic carbocycles. The van der Waals surface area contributed by atoms with Gasteiger partial charge in [-0.25, -0.2) is 0 Å². The molecule has 1 aliphatic rings. The molecule has 0 radical (unpaired) electrons. The molecule has 0 aromatic carbocycles. The Hall–Kier alpha value is -2.41. The minimum absolute atomic E-state index is 0.00701. The molecule has 7 nitrogen and oxygen atoms in total. The number of aromatic nitrogens is 3. The zero-order valence-corrected chi connectivity index (χ0v) is 14.4. The first kappa shape index (κ1) is 16.4. The molecule has 1 N–H and O–H groups in total. The van der Waals surface area contributed by atoms with Crippen LogP contribution in [0.4, 0.5) is 0 Å². The molecular formula is C17H23N5O2. The fourth-order valence-electron chi connectivity index (χ4n) is 2.82.